The Hall–Kier alpha value is -3.51. The summed E-state index contributed by atoms with van der Waals surface area (Å²) in [6.07, 6.45) is 4.89. The molecule has 1 aliphatic carbocycles. The summed E-state index contributed by atoms with van der Waals surface area (Å²) in [5, 5.41) is 6.11. The number of amides is 2. The number of rotatable bonds is 4. The molecule has 2 amide bonds. The molecule has 2 aliphatic rings. The molecule has 1 aliphatic heterocycles. The smallest absolute Gasteiger partial charge is 0.262 e. The second-order valence-electron chi connectivity index (χ2n) is 8.17. The first kappa shape index (κ1) is 21.3. The van der Waals surface area contributed by atoms with E-state index >= 15 is 0 Å². The molecule has 3 aromatic carbocycles. The van der Waals surface area contributed by atoms with Gasteiger partial charge in [-0.05, 0) is 72.4 Å². The van der Waals surface area contributed by atoms with Crippen LogP contribution in [0.25, 0.3) is 6.08 Å². The van der Waals surface area contributed by atoms with Crippen LogP contribution in [-0.4, -0.2) is 18.9 Å². The van der Waals surface area contributed by atoms with Gasteiger partial charge in [0.25, 0.3) is 11.8 Å². The average Bonchev–Trinajstić information content (AvgIpc) is 2.85. The van der Waals surface area contributed by atoms with E-state index in [1.54, 1.807) is 13.2 Å². The van der Waals surface area contributed by atoms with Crippen molar-refractivity contribution in [2.24, 2.45) is 0 Å². The Morgan fingerprint density at radius 2 is 1.94 bits per heavy atom. The maximum atomic E-state index is 13.0. The predicted octanol–water partition coefficient (Wildman–Crippen LogP) is 5.59. The SMILES string of the molecule is COc1ccc(/C=C2/Sc3ccc(C(=O)NC4CCCc5ccccc54)cc3NC2=O)cc1. The van der Waals surface area contributed by atoms with Gasteiger partial charge in [-0.1, -0.05) is 48.2 Å². The molecule has 166 valence electrons. The minimum atomic E-state index is -0.179. The highest BCUT2D eigenvalue weighted by Gasteiger charge is 2.25. The number of aryl methyl sites for hydroxylation is 1. The third-order valence-corrected chi connectivity index (χ3v) is 7.12. The van der Waals surface area contributed by atoms with Crippen molar-refractivity contribution in [3.8, 4) is 5.75 Å². The van der Waals surface area contributed by atoms with Crippen LogP contribution in [0.3, 0.4) is 0 Å². The molecule has 0 fully saturated rings. The van der Waals surface area contributed by atoms with Gasteiger partial charge in [-0.25, -0.2) is 0 Å². The molecule has 6 heteroatoms. The van der Waals surface area contributed by atoms with Crippen molar-refractivity contribution in [1.82, 2.24) is 5.32 Å². The molecule has 2 N–H and O–H groups in total. The Bertz CT molecular complexity index is 1250. The zero-order valence-corrected chi connectivity index (χ0v) is 19.1. The number of hydrogen-bond acceptors (Lipinski definition) is 4. The van der Waals surface area contributed by atoms with Crippen molar-refractivity contribution in [3.05, 3.63) is 93.9 Å². The van der Waals surface area contributed by atoms with Gasteiger partial charge in [-0.3, -0.25) is 9.59 Å². The predicted molar refractivity (Wildman–Crippen MR) is 131 cm³/mol. The number of anilines is 1. The molecular weight excluding hydrogens is 432 g/mol. The maximum Gasteiger partial charge on any atom is 0.262 e. The molecule has 0 saturated heterocycles. The molecule has 0 aromatic heterocycles. The van der Waals surface area contributed by atoms with Crippen molar-refractivity contribution in [2.45, 2.75) is 30.2 Å². The number of carbonyl (C=O) groups excluding carboxylic acids is 2. The van der Waals surface area contributed by atoms with E-state index in [1.807, 2.05) is 54.6 Å². The van der Waals surface area contributed by atoms with Crippen LogP contribution in [-0.2, 0) is 11.2 Å². The zero-order valence-electron chi connectivity index (χ0n) is 18.3. The van der Waals surface area contributed by atoms with Crippen molar-refractivity contribution < 1.29 is 14.3 Å². The van der Waals surface area contributed by atoms with Crippen LogP contribution in [0.4, 0.5) is 5.69 Å². The number of ether oxygens (including phenoxy) is 1. The number of fused-ring (bicyclic) bond motifs is 2. The summed E-state index contributed by atoms with van der Waals surface area (Å²) in [6.45, 7) is 0. The first-order valence-corrected chi connectivity index (χ1v) is 11.8. The van der Waals surface area contributed by atoms with Gasteiger partial charge >= 0.3 is 0 Å². The van der Waals surface area contributed by atoms with E-state index in [0.717, 1.165) is 35.5 Å². The largest absolute Gasteiger partial charge is 0.497 e. The van der Waals surface area contributed by atoms with Gasteiger partial charge in [-0.15, -0.1) is 0 Å². The highest BCUT2D eigenvalue weighted by Crippen LogP contribution is 2.39. The Morgan fingerprint density at radius 3 is 2.76 bits per heavy atom. The molecule has 1 atom stereocenters. The number of benzene rings is 3. The molecule has 0 saturated carbocycles. The third-order valence-electron chi connectivity index (χ3n) is 6.02. The second kappa shape index (κ2) is 9.16. The standard InChI is InChI=1S/C27H24N2O3S/c1-32-20-12-9-17(10-13-20)15-25-27(31)29-23-16-19(11-14-24(23)33-25)26(30)28-22-8-4-6-18-5-2-3-7-21(18)22/h2-3,5,7,9-16,22H,4,6,8H2,1H3,(H,28,30)(H,29,31)/b25-15+. The molecular formula is C27H24N2O3S. The van der Waals surface area contributed by atoms with Crippen molar-refractivity contribution in [2.75, 3.05) is 12.4 Å². The topological polar surface area (TPSA) is 67.4 Å². The number of methoxy groups -OCH3 is 1. The Morgan fingerprint density at radius 1 is 1.12 bits per heavy atom. The van der Waals surface area contributed by atoms with E-state index in [-0.39, 0.29) is 17.9 Å². The lowest BCUT2D eigenvalue weighted by Gasteiger charge is -2.26. The lowest BCUT2D eigenvalue weighted by molar-refractivity contribution is -0.112. The summed E-state index contributed by atoms with van der Waals surface area (Å²) in [4.78, 5) is 27.2. The summed E-state index contributed by atoms with van der Waals surface area (Å²) in [5.41, 5.74) is 4.63. The molecule has 0 spiro atoms. The second-order valence-corrected chi connectivity index (χ2v) is 9.25. The third kappa shape index (κ3) is 4.52. The fraction of sp³-hybridized carbons (Fsp3) is 0.185. The highest BCUT2D eigenvalue weighted by atomic mass is 32.2. The van der Waals surface area contributed by atoms with E-state index < -0.39 is 0 Å². The minimum absolute atomic E-state index is 0.0153. The van der Waals surface area contributed by atoms with Gasteiger partial charge in [0.2, 0.25) is 0 Å². The summed E-state index contributed by atoms with van der Waals surface area (Å²) in [6, 6.07) is 21.3. The fourth-order valence-corrected chi connectivity index (χ4v) is 5.23. The van der Waals surface area contributed by atoms with E-state index in [4.69, 9.17) is 4.74 Å². The van der Waals surface area contributed by atoms with E-state index in [2.05, 4.69) is 22.8 Å². The van der Waals surface area contributed by atoms with Crippen LogP contribution in [0, 0.1) is 0 Å². The lowest BCUT2D eigenvalue weighted by Crippen LogP contribution is -2.31. The van der Waals surface area contributed by atoms with Gasteiger partial charge < -0.3 is 15.4 Å². The summed E-state index contributed by atoms with van der Waals surface area (Å²) in [5.74, 6) is 0.464. The summed E-state index contributed by atoms with van der Waals surface area (Å²) >= 11 is 1.40. The van der Waals surface area contributed by atoms with Gasteiger partial charge in [0.15, 0.2) is 0 Å². The quantitative estimate of drug-likeness (QED) is 0.503. The normalized spacial score (nSPS) is 18.2. The van der Waals surface area contributed by atoms with Gasteiger partial charge in [0, 0.05) is 10.5 Å². The van der Waals surface area contributed by atoms with Crippen LogP contribution < -0.4 is 15.4 Å². The van der Waals surface area contributed by atoms with Crippen LogP contribution in [0.5, 0.6) is 5.75 Å². The first-order valence-electron chi connectivity index (χ1n) is 11.0. The van der Waals surface area contributed by atoms with Crippen molar-refractivity contribution in [3.63, 3.8) is 0 Å². The van der Waals surface area contributed by atoms with E-state index in [9.17, 15) is 9.59 Å². The van der Waals surface area contributed by atoms with Crippen molar-refractivity contribution in [1.29, 1.82) is 0 Å². The molecule has 3 aromatic rings. The Kier molecular flexibility index (Phi) is 5.92. The monoisotopic (exact) mass is 456 g/mol. The number of thioether (sulfide) groups is 1. The summed E-state index contributed by atoms with van der Waals surface area (Å²) < 4.78 is 5.18. The molecule has 33 heavy (non-hydrogen) atoms. The van der Waals surface area contributed by atoms with E-state index in [1.165, 1.54) is 22.9 Å². The van der Waals surface area contributed by atoms with Gasteiger partial charge in [0.05, 0.1) is 23.7 Å². The van der Waals surface area contributed by atoms with Crippen LogP contribution >= 0.6 is 11.8 Å². The Labute approximate surface area is 197 Å². The first-order chi connectivity index (χ1) is 16.1. The van der Waals surface area contributed by atoms with E-state index in [0.29, 0.717) is 16.2 Å². The molecule has 0 bridgehead atoms. The van der Waals surface area contributed by atoms with Crippen LogP contribution in [0.1, 0.15) is 45.9 Å². The molecule has 0 radical (unpaired) electrons. The van der Waals surface area contributed by atoms with Gasteiger partial charge in [-0.2, -0.15) is 0 Å². The number of carbonyl (C=O) groups is 2. The molecule has 5 nitrogen and oxygen atoms in total. The molecule has 1 unspecified atom stereocenters. The number of nitrogens with one attached hydrogen (secondary N) is 2. The maximum absolute atomic E-state index is 13.0. The highest BCUT2D eigenvalue weighted by molar-refractivity contribution is 8.04. The lowest BCUT2D eigenvalue weighted by atomic mass is 9.87. The molecule has 5 rings (SSSR count). The zero-order chi connectivity index (χ0) is 22.8. The minimum Gasteiger partial charge on any atom is -0.497 e. The van der Waals surface area contributed by atoms with Crippen molar-refractivity contribution >= 4 is 35.3 Å². The Balaban J connectivity index is 1.33. The van der Waals surface area contributed by atoms with Crippen LogP contribution in [0.15, 0.2) is 76.5 Å². The fourth-order valence-electron chi connectivity index (χ4n) is 4.30. The average molecular weight is 457 g/mol. The number of hydrogen-bond donors (Lipinski definition) is 2. The summed E-state index contributed by atoms with van der Waals surface area (Å²) in [7, 11) is 1.62. The van der Waals surface area contributed by atoms with Gasteiger partial charge in [0.1, 0.15) is 5.75 Å². The van der Waals surface area contributed by atoms with Crippen LogP contribution in [0.2, 0.25) is 0 Å². The molecule has 1 heterocycles.